The zero-order valence-electron chi connectivity index (χ0n) is 11.1. The maximum atomic E-state index is 4.70. The second-order valence-corrected chi connectivity index (χ2v) is 5.31. The van der Waals surface area contributed by atoms with Crippen LogP contribution in [0.5, 0.6) is 0 Å². The fourth-order valence-electron chi connectivity index (χ4n) is 2.74. The molecule has 18 heavy (non-hydrogen) atoms. The second kappa shape index (κ2) is 4.56. The van der Waals surface area contributed by atoms with Crippen LogP contribution in [0.1, 0.15) is 38.2 Å². The normalized spacial score (nSPS) is 15.8. The molecule has 3 nitrogen and oxygen atoms in total. The summed E-state index contributed by atoms with van der Waals surface area (Å²) in [5.41, 5.74) is 1.32. The largest absolute Gasteiger partial charge is 0.356 e. The average Bonchev–Trinajstić information content (AvgIpc) is 2.91. The lowest BCUT2D eigenvalue weighted by atomic mass is 9.99. The number of aromatic nitrogens is 2. The minimum absolute atomic E-state index is 0.495. The molecule has 0 bridgehead atoms. The Morgan fingerprint density at radius 3 is 2.61 bits per heavy atom. The van der Waals surface area contributed by atoms with Crippen molar-refractivity contribution in [2.45, 2.75) is 32.6 Å². The Morgan fingerprint density at radius 2 is 1.89 bits per heavy atom. The van der Waals surface area contributed by atoms with Crippen molar-refractivity contribution in [2.75, 3.05) is 18.0 Å². The molecule has 3 heterocycles. The summed E-state index contributed by atoms with van der Waals surface area (Å²) in [7, 11) is 0. The molecule has 0 saturated carbocycles. The van der Waals surface area contributed by atoms with Gasteiger partial charge in [0.1, 0.15) is 5.82 Å². The molecule has 3 rings (SSSR count). The number of nitrogens with zero attached hydrogens (tertiary/aromatic N) is 3. The number of hydrogen-bond acceptors (Lipinski definition) is 3. The van der Waals surface area contributed by atoms with Gasteiger partial charge in [-0.2, -0.15) is 0 Å². The highest BCUT2D eigenvalue weighted by Crippen LogP contribution is 2.31. The van der Waals surface area contributed by atoms with Crippen LogP contribution in [0.15, 0.2) is 24.7 Å². The monoisotopic (exact) mass is 241 g/mol. The molecular formula is C15H19N3. The molecule has 2 aromatic rings. The van der Waals surface area contributed by atoms with Crippen molar-refractivity contribution in [3.63, 3.8) is 0 Å². The SMILES string of the molecule is CC(C)c1cnc(N2CCCC2)c2cnccc12. The molecule has 2 aromatic heterocycles. The van der Waals surface area contributed by atoms with Gasteiger partial charge in [-0.1, -0.05) is 13.8 Å². The third kappa shape index (κ3) is 1.84. The third-order valence-corrected chi connectivity index (χ3v) is 3.73. The van der Waals surface area contributed by atoms with E-state index in [2.05, 4.69) is 29.8 Å². The fraction of sp³-hybridized carbons (Fsp3) is 0.467. The van der Waals surface area contributed by atoms with Gasteiger partial charge in [-0.25, -0.2) is 4.98 Å². The fourth-order valence-corrected chi connectivity index (χ4v) is 2.74. The molecule has 1 aliphatic rings. The molecule has 0 N–H and O–H groups in total. The number of anilines is 1. The van der Waals surface area contributed by atoms with Crippen molar-refractivity contribution in [3.05, 3.63) is 30.2 Å². The van der Waals surface area contributed by atoms with Gasteiger partial charge in [0.05, 0.1) is 0 Å². The van der Waals surface area contributed by atoms with Gasteiger partial charge in [0.2, 0.25) is 0 Å². The van der Waals surface area contributed by atoms with E-state index in [1.54, 1.807) is 0 Å². The van der Waals surface area contributed by atoms with Crippen LogP contribution in [0.4, 0.5) is 5.82 Å². The molecule has 0 aromatic carbocycles. The lowest BCUT2D eigenvalue weighted by Crippen LogP contribution is -2.19. The first-order valence-electron chi connectivity index (χ1n) is 6.75. The van der Waals surface area contributed by atoms with Crippen LogP contribution in [-0.2, 0) is 0 Å². The summed E-state index contributed by atoms with van der Waals surface area (Å²) < 4.78 is 0. The number of hydrogen-bond donors (Lipinski definition) is 0. The molecule has 1 fully saturated rings. The van der Waals surface area contributed by atoms with E-state index < -0.39 is 0 Å². The molecule has 0 radical (unpaired) electrons. The molecule has 3 heteroatoms. The Morgan fingerprint density at radius 1 is 1.11 bits per heavy atom. The van der Waals surface area contributed by atoms with Gasteiger partial charge in [-0.15, -0.1) is 0 Å². The number of rotatable bonds is 2. The average molecular weight is 241 g/mol. The summed E-state index contributed by atoms with van der Waals surface area (Å²) in [6.07, 6.45) is 8.43. The smallest absolute Gasteiger partial charge is 0.137 e. The van der Waals surface area contributed by atoms with E-state index in [0.717, 1.165) is 18.9 Å². The summed E-state index contributed by atoms with van der Waals surface area (Å²) in [6, 6.07) is 2.12. The van der Waals surface area contributed by atoms with Gasteiger partial charge in [0.25, 0.3) is 0 Å². The summed E-state index contributed by atoms with van der Waals surface area (Å²) in [6.45, 7) is 6.68. The molecule has 0 unspecified atom stereocenters. The second-order valence-electron chi connectivity index (χ2n) is 5.31. The van der Waals surface area contributed by atoms with Gasteiger partial charge in [0, 0.05) is 37.1 Å². The lowest BCUT2D eigenvalue weighted by molar-refractivity contribution is 0.863. The van der Waals surface area contributed by atoms with Gasteiger partial charge in [-0.3, -0.25) is 4.98 Å². The number of pyridine rings is 2. The van der Waals surface area contributed by atoms with Crippen LogP contribution in [-0.4, -0.2) is 23.1 Å². The van der Waals surface area contributed by atoms with Crippen LogP contribution < -0.4 is 4.90 Å². The highest BCUT2D eigenvalue weighted by molar-refractivity contribution is 5.94. The van der Waals surface area contributed by atoms with E-state index in [1.165, 1.54) is 29.2 Å². The Hall–Kier alpha value is -1.64. The van der Waals surface area contributed by atoms with Gasteiger partial charge >= 0.3 is 0 Å². The molecule has 0 spiro atoms. The van der Waals surface area contributed by atoms with E-state index in [4.69, 9.17) is 4.98 Å². The highest BCUT2D eigenvalue weighted by atomic mass is 15.2. The van der Waals surface area contributed by atoms with Gasteiger partial charge in [-0.05, 0) is 35.8 Å². The topological polar surface area (TPSA) is 29.0 Å². The van der Waals surface area contributed by atoms with Crippen molar-refractivity contribution in [1.29, 1.82) is 0 Å². The van der Waals surface area contributed by atoms with Crippen LogP contribution in [0.2, 0.25) is 0 Å². The lowest BCUT2D eigenvalue weighted by Gasteiger charge is -2.20. The minimum atomic E-state index is 0.495. The summed E-state index contributed by atoms with van der Waals surface area (Å²) >= 11 is 0. The van der Waals surface area contributed by atoms with Crippen LogP contribution in [0.3, 0.4) is 0 Å². The van der Waals surface area contributed by atoms with E-state index >= 15 is 0 Å². The molecule has 1 saturated heterocycles. The minimum Gasteiger partial charge on any atom is -0.356 e. The summed E-state index contributed by atoms with van der Waals surface area (Å²) in [5.74, 6) is 1.61. The van der Waals surface area contributed by atoms with E-state index in [0.29, 0.717) is 5.92 Å². The molecular weight excluding hydrogens is 222 g/mol. The molecule has 1 aliphatic heterocycles. The Kier molecular flexibility index (Phi) is 2.90. The van der Waals surface area contributed by atoms with Crippen LogP contribution >= 0.6 is 0 Å². The van der Waals surface area contributed by atoms with Crippen molar-refractivity contribution >= 4 is 16.6 Å². The Balaban J connectivity index is 2.19. The molecule has 94 valence electrons. The summed E-state index contributed by atoms with van der Waals surface area (Å²) in [4.78, 5) is 11.4. The van der Waals surface area contributed by atoms with E-state index in [-0.39, 0.29) is 0 Å². The molecule has 0 atom stereocenters. The van der Waals surface area contributed by atoms with Crippen LogP contribution in [0, 0.1) is 0 Å². The van der Waals surface area contributed by atoms with Crippen molar-refractivity contribution in [1.82, 2.24) is 9.97 Å². The first kappa shape index (κ1) is 11.5. The highest BCUT2D eigenvalue weighted by Gasteiger charge is 2.18. The first-order valence-corrected chi connectivity index (χ1v) is 6.75. The predicted molar refractivity (Wildman–Crippen MR) is 75.1 cm³/mol. The maximum Gasteiger partial charge on any atom is 0.137 e. The van der Waals surface area contributed by atoms with Crippen LogP contribution in [0.25, 0.3) is 10.8 Å². The number of fused-ring (bicyclic) bond motifs is 1. The van der Waals surface area contributed by atoms with Crippen molar-refractivity contribution in [2.24, 2.45) is 0 Å². The standard InChI is InChI=1S/C15H19N3/c1-11(2)13-10-17-15(18-7-3-4-8-18)14-9-16-6-5-12(13)14/h5-6,9-11H,3-4,7-8H2,1-2H3. The quantitative estimate of drug-likeness (QED) is 0.807. The van der Waals surface area contributed by atoms with E-state index in [9.17, 15) is 0 Å². The first-order chi connectivity index (χ1) is 8.77. The molecule has 0 amide bonds. The van der Waals surface area contributed by atoms with Gasteiger partial charge in [0.15, 0.2) is 0 Å². The van der Waals surface area contributed by atoms with Crippen molar-refractivity contribution < 1.29 is 0 Å². The Labute approximate surface area is 108 Å². The maximum absolute atomic E-state index is 4.70. The predicted octanol–water partition coefficient (Wildman–Crippen LogP) is 3.35. The summed E-state index contributed by atoms with van der Waals surface area (Å²) in [5, 5.41) is 2.50. The third-order valence-electron chi connectivity index (χ3n) is 3.73. The van der Waals surface area contributed by atoms with E-state index in [1.807, 2.05) is 18.6 Å². The Bertz CT molecular complexity index is 557. The molecule has 0 aliphatic carbocycles. The van der Waals surface area contributed by atoms with Gasteiger partial charge < -0.3 is 4.90 Å². The zero-order chi connectivity index (χ0) is 12.5. The zero-order valence-corrected chi connectivity index (χ0v) is 11.1. The van der Waals surface area contributed by atoms with Crippen molar-refractivity contribution in [3.8, 4) is 0 Å².